The molecule has 0 atom stereocenters. The van der Waals surface area contributed by atoms with Crippen molar-refractivity contribution in [2.75, 3.05) is 13.2 Å². The van der Waals surface area contributed by atoms with E-state index in [1.54, 1.807) is 6.92 Å². The van der Waals surface area contributed by atoms with Gasteiger partial charge in [0, 0.05) is 0 Å². The number of tetrazole rings is 1. The van der Waals surface area contributed by atoms with Crippen molar-refractivity contribution in [1.29, 1.82) is 0 Å². The topological polar surface area (TPSA) is 96.2 Å². The van der Waals surface area contributed by atoms with E-state index in [2.05, 4.69) is 15.5 Å². The first kappa shape index (κ1) is 14.1. The Morgan fingerprint density at radius 1 is 1.33 bits per heavy atom. The van der Waals surface area contributed by atoms with Crippen molar-refractivity contribution in [3.8, 4) is 0 Å². The van der Waals surface area contributed by atoms with E-state index >= 15 is 0 Å². The summed E-state index contributed by atoms with van der Waals surface area (Å²) >= 11 is 0. The number of ether oxygens (including phenoxy) is 2. The van der Waals surface area contributed by atoms with E-state index in [-0.39, 0.29) is 31.5 Å². The second-order valence-electron chi connectivity index (χ2n) is 3.96. The maximum absolute atomic E-state index is 11.6. The fourth-order valence-corrected chi connectivity index (χ4v) is 1.09. The Bertz CT molecular complexity index is 416. The van der Waals surface area contributed by atoms with Gasteiger partial charge < -0.3 is 9.47 Å². The second kappa shape index (κ2) is 6.67. The molecule has 0 fully saturated rings. The molecule has 1 aromatic heterocycles. The lowest BCUT2D eigenvalue weighted by molar-refractivity contribution is -0.144. The number of aromatic nitrogens is 4. The molecule has 0 aromatic carbocycles. The van der Waals surface area contributed by atoms with Crippen LogP contribution in [-0.4, -0.2) is 45.4 Å². The highest BCUT2D eigenvalue weighted by atomic mass is 16.5. The molecule has 100 valence electrons. The number of carbonyl (C=O) groups is 2. The van der Waals surface area contributed by atoms with Crippen molar-refractivity contribution in [2.24, 2.45) is 5.92 Å². The van der Waals surface area contributed by atoms with Crippen LogP contribution in [0.25, 0.3) is 0 Å². The minimum atomic E-state index is -0.655. The van der Waals surface area contributed by atoms with Crippen LogP contribution in [0.1, 0.15) is 31.4 Å². The Kier molecular flexibility index (Phi) is 5.22. The summed E-state index contributed by atoms with van der Waals surface area (Å²) < 4.78 is 10.8. The minimum absolute atomic E-state index is 0.108. The fourth-order valence-electron chi connectivity index (χ4n) is 1.09. The number of carbonyl (C=O) groups excluding carboxylic acids is 2. The summed E-state index contributed by atoms with van der Waals surface area (Å²) in [4.78, 5) is 22.9. The quantitative estimate of drug-likeness (QED) is 0.663. The Morgan fingerprint density at radius 2 is 2.06 bits per heavy atom. The van der Waals surface area contributed by atoms with Gasteiger partial charge in [-0.15, -0.1) is 5.10 Å². The lowest BCUT2D eigenvalue weighted by Gasteiger charge is -2.07. The van der Waals surface area contributed by atoms with E-state index < -0.39 is 11.9 Å². The van der Waals surface area contributed by atoms with Gasteiger partial charge in [0.1, 0.15) is 6.54 Å². The van der Waals surface area contributed by atoms with E-state index in [9.17, 15) is 9.59 Å². The van der Waals surface area contributed by atoms with E-state index in [0.717, 1.165) is 4.68 Å². The average molecular weight is 256 g/mol. The van der Waals surface area contributed by atoms with Gasteiger partial charge in [-0.1, -0.05) is 13.8 Å². The molecule has 0 saturated carbocycles. The molecule has 0 amide bonds. The molecule has 0 saturated heterocycles. The molecule has 1 rings (SSSR count). The molecule has 0 N–H and O–H groups in total. The van der Waals surface area contributed by atoms with Gasteiger partial charge >= 0.3 is 11.9 Å². The first-order valence-corrected chi connectivity index (χ1v) is 5.63. The molecule has 0 spiro atoms. The zero-order valence-electron chi connectivity index (χ0n) is 10.6. The molecule has 0 aliphatic heterocycles. The highest BCUT2D eigenvalue weighted by molar-refractivity contribution is 5.85. The molecular weight excluding hydrogens is 240 g/mol. The highest BCUT2D eigenvalue weighted by Crippen LogP contribution is 2.00. The van der Waals surface area contributed by atoms with Crippen molar-refractivity contribution in [1.82, 2.24) is 20.2 Å². The average Bonchev–Trinajstić information content (AvgIpc) is 2.74. The van der Waals surface area contributed by atoms with Crippen LogP contribution < -0.4 is 0 Å². The summed E-state index contributed by atoms with van der Waals surface area (Å²) in [6.07, 6.45) is 0. The van der Waals surface area contributed by atoms with Gasteiger partial charge in [0.25, 0.3) is 5.82 Å². The smallest absolute Gasteiger partial charge is 0.378 e. The van der Waals surface area contributed by atoms with E-state index in [1.807, 2.05) is 13.8 Å². The summed E-state index contributed by atoms with van der Waals surface area (Å²) in [6.45, 7) is 5.82. The third-order valence-electron chi connectivity index (χ3n) is 1.85. The fraction of sp³-hybridized carbons (Fsp3) is 0.700. The normalized spacial score (nSPS) is 10.4. The third-order valence-corrected chi connectivity index (χ3v) is 1.85. The second-order valence-corrected chi connectivity index (χ2v) is 3.96. The highest BCUT2D eigenvalue weighted by Gasteiger charge is 2.19. The zero-order valence-corrected chi connectivity index (χ0v) is 10.6. The lowest BCUT2D eigenvalue weighted by atomic mass is 10.2. The summed E-state index contributed by atoms with van der Waals surface area (Å²) in [5.41, 5.74) is 0. The molecule has 8 heteroatoms. The standard InChI is InChI=1S/C10H16N4O4/c1-4-17-8(15)5-14-9(11-12-13-14)10(16)18-6-7(2)3/h7H,4-6H2,1-3H3. The lowest BCUT2D eigenvalue weighted by Crippen LogP contribution is -2.21. The summed E-state index contributed by atoms with van der Waals surface area (Å²) in [7, 11) is 0. The SMILES string of the molecule is CCOC(=O)Cn1nnnc1C(=O)OCC(C)C. The van der Waals surface area contributed by atoms with E-state index in [4.69, 9.17) is 9.47 Å². The summed E-state index contributed by atoms with van der Waals surface area (Å²) in [5, 5.41) is 10.4. The predicted octanol–water partition coefficient (Wildman–Crippen LogP) is 0.0490. The number of esters is 2. The largest absolute Gasteiger partial charge is 0.465 e. The Morgan fingerprint density at radius 3 is 2.67 bits per heavy atom. The maximum Gasteiger partial charge on any atom is 0.378 e. The van der Waals surface area contributed by atoms with E-state index in [0.29, 0.717) is 0 Å². The number of hydrogen-bond donors (Lipinski definition) is 0. The van der Waals surface area contributed by atoms with Crippen LogP contribution in [0.5, 0.6) is 0 Å². The van der Waals surface area contributed by atoms with Crippen molar-refractivity contribution in [3.05, 3.63) is 5.82 Å². The number of nitrogens with zero attached hydrogens (tertiary/aromatic N) is 4. The molecule has 1 heterocycles. The molecule has 1 aromatic rings. The Balaban J connectivity index is 2.64. The maximum atomic E-state index is 11.6. The van der Waals surface area contributed by atoms with Gasteiger partial charge in [-0.05, 0) is 23.3 Å². The van der Waals surface area contributed by atoms with Gasteiger partial charge in [0.05, 0.1) is 13.2 Å². The number of rotatable bonds is 6. The van der Waals surface area contributed by atoms with Crippen LogP contribution in [0, 0.1) is 5.92 Å². The van der Waals surface area contributed by atoms with Crippen molar-refractivity contribution in [2.45, 2.75) is 27.3 Å². The van der Waals surface area contributed by atoms with Gasteiger partial charge in [0.2, 0.25) is 0 Å². The molecule has 18 heavy (non-hydrogen) atoms. The Hall–Kier alpha value is -1.99. The van der Waals surface area contributed by atoms with Gasteiger partial charge in [-0.2, -0.15) is 0 Å². The van der Waals surface area contributed by atoms with Crippen LogP contribution >= 0.6 is 0 Å². The molecule has 0 unspecified atom stereocenters. The van der Waals surface area contributed by atoms with Crippen molar-refractivity contribution < 1.29 is 19.1 Å². The molecule has 8 nitrogen and oxygen atoms in total. The van der Waals surface area contributed by atoms with Crippen LogP contribution in [0.4, 0.5) is 0 Å². The zero-order chi connectivity index (χ0) is 13.5. The van der Waals surface area contributed by atoms with Gasteiger partial charge in [-0.3, -0.25) is 4.79 Å². The first-order valence-electron chi connectivity index (χ1n) is 5.63. The van der Waals surface area contributed by atoms with Crippen molar-refractivity contribution >= 4 is 11.9 Å². The van der Waals surface area contributed by atoms with Gasteiger partial charge in [-0.25, -0.2) is 9.48 Å². The monoisotopic (exact) mass is 256 g/mol. The summed E-state index contributed by atoms with van der Waals surface area (Å²) in [5.74, 6) is -1.06. The summed E-state index contributed by atoms with van der Waals surface area (Å²) in [6, 6.07) is 0. The van der Waals surface area contributed by atoms with Crippen molar-refractivity contribution in [3.63, 3.8) is 0 Å². The minimum Gasteiger partial charge on any atom is -0.465 e. The first-order chi connectivity index (χ1) is 8.54. The van der Waals surface area contributed by atoms with Crippen LogP contribution in [0.2, 0.25) is 0 Å². The van der Waals surface area contributed by atoms with Crippen LogP contribution in [0.3, 0.4) is 0 Å². The van der Waals surface area contributed by atoms with Crippen LogP contribution in [0.15, 0.2) is 0 Å². The molecule has 0 aliphatic rings. The van der Waals surface area contributed by atoms with Gasteiger partial charge in [0.15, 0.2) is 0 Å². The molecular formula is C10H16N4O4. The van der Waals surface area contributed by atoms with E-state index in [1.165, 1.54) is 0 Å². The van der Waals surface area contributed by atoms with Crippen LogP contribution in [-0.2, 0) is 20.8 Å². The third kappa shape index (κ3) is 4.11. The molecule has 0 aliphatic carbocycles. The predicted molar refractivity (Wildman–Crippen MR) is 59.6 cm³/mol. The number of hydrogen-bond acceptors (Lipinski definition) is 7. The molecule has 0 radical (unpaired) electrons. The molecule has 0 bridgehead atoms. The Labute approximate surface area is 104 Å².